The van der Waals surface area contributed by atoms with Gasteiger partial charge in [0.2, 0.25) is 10.0 Å². The van der Waals surface area contributed by atoms with Gasteiger partial charge in [-0.05, 0) is 62.2 Å². The van der Waals surface area contributed by atoms with Crippen molar-refractivity contribution in [1.29, 1.82) is 0 Å². The van der Waals surface area contributed by atoms with E-state index in [1.807, 2.05) is 43.6 Å². The summed E-state index contributed by atoms with van der Waals surface area (Å²) in [6.07, 6.45) is 4.84. The number of rotatable bonds is 9. The number of sulfonamides is 1. The van der Waals surface area contributed by atoms with Crippen molar-refractivity contribution < 1.29 is 13.2 Å². The molecule has 2 heterocycles. The summed E-state index contributed by atoms with van der Waals surface area (Å²) in [5.41, 5.74) is 2.13. The average molecular weight is 392 g/mol. The van der Waals surface area contributed by atoms with E-state index in [4.69, 9.17) is 4.74 Å². The van der Waals surface area contributed by atoms with Crippen molar-refractivity contribution in [3.63, 3.8) is 0 Å². The van der Waals surface area contributed by atoms with Crippen LogP contribution in [0.15, 0.2) is 42.6 Å². The van der Waals surface area contributed by atoms with Gasteiger partial charge in [-0.15, -0.1) is 0 Å². The number of aromatic nitrogens is 1. The maximum atomic E-state index is 12.5. The fourth-order valence-corrected chi connectivity index (χ4v) is 4.68. The van der Waals surface area contributed by atoms with Gasteiger partial charge < -0.3 is 9.30 Å². The Morgan fingerprint density at radius 2 is 1.85 bits per heavy atom. The van der Waals surface area contributed by atoms with Crippen molar-refractivity contribution in [3.05, 3.63) is 53.9 Å². The topological polar surface area (TPSA) is 63.6 Å². The molecular formula is C20H29N3O3S. The number of likely N-dealkylation sites (tertiary alicyclic amines) is 1. The Labute approximate surface area is 162 Å². The van der Waals surface area contributed by atoms with Crippen LogP contribution in [0, 0.1) is 0 Å². The van der Waals surface area contributed by atoms with Gasteiger partial charge in [0.1, 0.15) is 5.75 Å². The van der Waals surface area contributed by atoms with E-state index in [1.165, 1.54) is 12.8 Å². The molecule has 1 aromatic carbocycles. The third kappa shape index (κ3) is 5.34. The van der Waals surface area contributed by atoms with E-state index >= 15 is 0 Å². The first kappa shape index (κ1) is 19.9. The lowest BCUT2D eigenvalue weighted by Crippen LogP contribution is -2.38. The molecule has 1 aliphatic rings. The molecule has 1 saturated heterocycles. The fraction of sp³-hybridized carbons (Fsp3) is 0.500. The number of nitrogens with zero attached hydrogens (tertiary/aromatic N) is 2. The standard InChI is InChI=1S/C20H29N3O3S/c1-22-12-5-6-19(22)20(23-13-3-4-14-23)16-21-27(24,25)15-11-17-7-9-18(26-2)10-8-17/h5-10,12,20-21H,3-4,11,13-16H2,1-2H3/t20-/m0/s1. The molecule has 1 atom stereocenters. The van der Waals surface area contributed by atoms with Crippen LogP contribution < -0.4 is 9.46 Å². The SMILES string of the molecule is COc1ccc(CCS(=O)(=O)NC[C@@H](c2cccn2C)N2CCCC2)cc1. The van der Waals surface area contributed by atoms with Crippen LogP contribution in [0.5, 0.6) is 5.75 Å². The molecule has 0 spiro atoms. The maximum absolute atomic E-state index is 12.5. The summed E-state index contributed by atoms with van der Waals surface area (Å²) in [7, 11) is 0.287. The Morgan fingerprint density at radius 3 is 2.44 bits per heavy atom. The zero-order valence-electron chi connectivity index (χ0n) is 16.1. The molecule has 3 rings (SSSR count). The summed E-state index contributed by atoms with van der Waals surface area (Å²) in [5, 5.41) is 0. The number of hydrogen-bond donors (Lipinski definition) is 1. The van der Waals surface area contributed by atoms with Gasteiger partial charge >= 0.3 is 0 Å². The second kappa shape index (κ2) is 8.91. The zero-order chi connectivity index (χ0) is 19.3. The first-order valence-electron chi connectivity index (χ1n) is 9.44. The first-order valence-corrected chi connectivity index (χ1v) is 11.1. The Bertz CT molecular complexity index is 824. The summed E-state index contributed by atoms with van der Waals surface area (Å²) in [4.78, 5) is 2.38. The molecule has 2 aromatic rings. The van der Waals surface area contributed by atoms with E-state index in [-0.39, 0.29) is 11.8 Å². The molecule has 148 valence electrons. The smallest absolute Gasteiger partial charge is 0.211 e. The van der Waals surface area contributed by atoms with Crippen LogP contribution in [0.1, 0.15) is 30.1 Å². The van der Waals surface area contributed by atoms with Crippen molar-refractivity contribution >= 4 is 10.0 Å². The molecule has 6 nitrogen and oxygen atoms in total. The third-order valence-corrected chi connectivity index (χ3v) is 6.57. The normalized spacial score (nSPS) is 16.5. The molecular weight excluding hydrogens is 362 g/mol. The van der Waals surface area contributed by atoms with Crippen LogP contribution in [0.2, 0.25) is 0 Å². The van der Waals surface area contributed by atoms with E-state index in [1.54, 1.807) is 7.11 Å². The average Bonchev–Trinajstić information content (AvgIpc) is 3.34. The van der Waals surface area contributed by atoms with Crippen LogP contribution in [-0.2, 0) is 23.5 Å². The number of ether oxygens (including phenoxy) is 1. The second-order valence-electron chi connectivity index (χ2n) is 7.07. The Morgan fingerprint density at radius 1 is 1.15 bits per heavy atom. The van der Waals surface area contributed by atoms with Crippen molar-refractivity contribution in [2.24, 2.45) is 7.05 Å². The highest BCUT2D eigenvalue weighted by Gasteiger charge is 2.26. The number of nitrogens with one attached hydrogen (secondary N) is 1. The van der Waals surface area contributed by atoms with E-state index in [9.17, 15) is 8.42 Å². The zero-order valence-corrected chi connectivity index (χ0v) is 16.9. The number of hydrogen-bond acceptors (Lipinski definition) is 4. The molecule has 0 amide bonds. The minimum Gasteiger partial charge on any atom is -0.497 e. The highest BCUT2D eigenvalue weighted by Crippen LogP contribution is 2.25. The van der Waals surface area contributed by atoms with Crippen LogP contribution >= 0.6 is 0 Å². The van der Waals surface area contributed by atoms with Crippen molar-refractivity contribution in [2.45, 2.75) is 25.3 Å². The minimum absolute atomic E-state index is 0.0725. The maximum Gasteiger partial charge on any atom is 0.211 e. The monoisotopic (exact) mass is 391 g/mol. The molecule has 0 aliphatic carbocycles. The third-order valence-electron chi connectivity index (χ3n) is 5.22. The Balaban J connectivity index is 1.60. The van der Waals surface area contributed by atoms with Gasteiger partial charge in [0.05, 0.1) is 18.9 Å². The quantitative estimate of drug-likeness (QED) is 0.713. The van der Waals surface area contributed by atoms with Crippen molar-refractivity contribution in [3.8, 4) is 5.75 Å². The molecule has 0 saturated carbocycles. The van der Waals surface area contributed by atoms with Crippen LogP contribution in [0.4, 0.5) is 0 Å². The summed E-state index contributed by atoms with van der Waals surface area (Å²) in [5.74, 6) is 0.856. The minimum atomic E-state index is -3.34. The van der Waals surface area contributed by atoms with Crippen LogP contribution in [0.3, 0.4) is 0 Å². The first-order chi connectivity index (χ1) is 13.0. The molecule has 27 heavy (non-hydrogen) atoms. The molecule has 0 unspecified atom stereocenters. The highest BCUT2D eigenvalue weighted by molar-refractivity contribution is 7.89. The molecule has 1 N–H and O–H groups in total. The Hall–Kier alpha value is -1.83. The summed E-state index contributed by atoms with van der Waals surface area (Å²) >= 11 is 0. The molecule has 7 heteroatoms. The van der Waals surface area contributed by atoms with Crippen LogP contribution in [-0.4, -0.2) is 50.4 Å². The van der Waals surface area contributed by atoms with Gasteiger partial charge in [-0.2, -0.15) is 0 Å². The molecule has 1 fully saturated rings. The largest absolute Gasteiger partial charge is 0.497 e. The summed E-state index contributed by atoms with van der Waals surface area (Å²) in [6.45, 7) is 2.44. The van der Waals surface area contributed by atoms with Gasteiger partial charge in [0.15, 0.2) is 0 Å². The van der Waals surface area contributed by atoms with Gasteiger partial charge in [0.25, 0.3) is 0 Å². The molecule has 1 aliphatic heterocycles. The molecule has 0 bridgehead atoms. The summed E-state index contributed by atoms with van der Waals surface area (Å²) < 4.78 is 35.1. The van der Waals surface area contributed by atoms with E-state index < -0.39 is 10.0 Å². The number of aryl methyl sites for hydroxylation is 2. The summed E-state index contributed by atoms with van der Waals surface area (Å²) in [6, 6.07) is 11.7. The van der Waals surface area contributed by atoms with Crippen molar-refractivity contribution in [1.82, 2.24) is 14.2 Å². The second-order valence-corrected chi connectivity index (χ2v) is 8.99. The number of benzene rings is 1. The lowest BCUT2D eigenvalue weighted by molar-refractivity contribution is 0.238. The molecule has 0 radical (unpaired) electrons. The number of methoxy groups -OCH3 is 1. The lowest BCUT2D eigenvalue weighted by Gasteiger charge is -2.28. The van der Waals surface area contributed by atoms with E-state index in [2.05, 4.69) is 20.3 Å². The predicted molar refractivity (Wildman–Crippen MR) is 107 cm³/mol. The van der Waals surface area contributed by atoms with Gasteiger partial charge in [-0.25, -0.2) is 13.1 Å². The molecule has 1 aromatic heterocycles. The van der Waals surface area contributed by atoms with E-state index in [0.29, 0.717) is 13.0 Å². The van der Waals surface area contributed by atoms with Crippen molar-refractivity contribution in [2.75, 3.05) is 32.5 Å². The van der Waals surface area contributed by atoms with E-state index in [0.717, 1.165) is 30.1 Å². The Kier molecular flexibility index (Phi) is 6.57. The van der Waals surface area contributed by atoms with Gasteiger partial charge in [0, 0.05) is 25.5 Å². The van der Waals surface area contributed by atoms with Gasteiger partial charge in [-0.1, -0.05) is 12.1 Å². The van der Waals surface area contributed by atoms with Gasteiger partial charge in [-0.3, -0.25) is 4.90 Å². The van der Waals surface area contributed by atoms with Crippen LogP contribution in [0.25, 0.3) is 0 Å². The fourth-order valence-electron chi connectivity index (χ4n) is 3.62. The lowest BCUT2D eigenvalue weighted by atomic mass is 10.2. The predicted octanol–water partition coefficient (Wildman–Crippen LogP) is 2.33. The highest BCUT2D eigenvalue weighted by atomic mass is 32.2.